The molecule has 1 aromatic carbocycles. The standard InChI is InChI=1S/C11H13BrFNO/c12-7-5-8(11(15)9(13)6-7)10-3-1-2-4-14-10/h5-6,10,14-15H,1-4H2/t10-/m0/s1. The van der Waals surface area contributed by atoms with Crippen LogP contribution in [0, 0.1) is 5.82 Å². The lowest BCUT2D eigenvalue weighted by Crippen LogP contribution is -2.26. The summed E-state index contributed by atoms with van der Waals surface area (Å²) in [4.78, 5) is 0. The minimum Gasteiger partial charge on any atom is -0.505 e. The highest BCUT2D eigenvalue weighted by atomic mass is 79.9. The molecule has 1 fully saturated rings. The van der Waals surface area contributed by atoms with Crippen molar-refractivity contribution in [3.05, 3.63) is 28.0 Å². The Bertz CT molecular complexity index is 364. The van der Waals surface area contributed by atoms with Gasteiger partial charge in [-0.1, -0.05) is 22.4 Å². The van der Waals surface area contributed by atoms with Crippen LogP contribution < -0.4 is 5.32 Å². The lowest BCUT2D eigenvalue weighted by Gasteiger charge is -2.24. The van der Waals surface area contributed by atoms with Crippen molar-refractivity contribution in [3.8, 4) is 5.75 Å². The number of benzene rings is 1. The van der Waals surface area contributed by atoms with E-state index in [0.29, 0.717) is 10.0 Å². The lowest BCUT2D eigenvalue weighted by molar-refractivity contribution is 0.377. The van der Waals surface area contributed by atoms with Crippen LogP contribution in [0.1, 0.15) is 30.9 Å². The number of aromatic hydroxyl groups is 1. The maximum absolute atomic E-state index is 13.3. The summed E-state index contributed by atoms with van der Waals surface area (Å²) in [7, 11) is 0. The van der Waals surface area contributed by atoms with E-state index in [1.165, 1.54) is 6.07 Å². The van der Waals surface area contributed by atoms with Crippen molar-refractivity contribution in [2.75, 3.05) is 6.54 Å². The van der Waals surface area contributed by atoms with Gasteiger partial charge in [0.15, 0.2) is 11.6 Å². The van der Waals surface area contributed by atoms with Gasteiger partial charge < -0.3 is 10.4 Å². The fourth-order valence-electron chi connectivity index (χ4n) is 1.97. The molecule has 0 saturated carbocycles. The van der Waals surface area contributed by atoms with E-state index in [-0.39, 0.29) is 11.8 Å². The Labute approximate surface area is 96.6 Å². The Balaban J connectivity index is 2.33. The topological polar surface area (TPSA) is 32.3 Å². The molecular weight excluding hydrogens is 261 g/mol. The molecule has 15 heavy (non-hydrogen) atoms. The number of hydrogen-bond acceptors (Lipinski definition) is 2. The van der Waals surface area contributed by atoms with Crippen LogP contribution in [0.2, 0.25) is 0 Å². The Morgan fingerprint density at radius 3 is 2.87 bits per heavy atom. The van der Waals surface area contributed by atoms with Crippen LogP contribution in [-0.4, -0.2) is 11.7 Å². The summed E-state index contributed by atoms with van der Waals surface area (Å²) in [6.45, 7) is 0.929. The van der Waals surface area contributed by atoms with E-state index in [0.717, 1.165) is 25.8 Å². The fourth-order valence-corrected chi connectivity index (χ4v) is 2.42. The smallest absolute Gasteiger partial charge is 0.166 e. The number of phenolic OH excluding ortho intramolecular Hbond substituents is 1. The summed E-state index contributed by atoms with van der Waals surface area (Å²) < 4.78 is 14.0. The summed E-state index contributed by atoms with van der Waals surface area (Å²) in [5.41, 5.74) is 0.654. The average Bonchev–Trinajstić information content (AvgIpc) is 2.24. The van der Waals surface area contributed by atoms with Crippen LogP contribution in [0.25, 0.3) is 0 Å². The van der Waals surface area contributed by atoms with Crippen molar-refractivity contribution in [1.82, 2.24) is 5.32 Å². The molecule has 1 atom stereocenters. The van der Waals surface area contributed by atoms with Crippen LogP contribution in [0.5, 0.6) is 5.75 Å². The van der Waals surface area contributed by atoms with Gasteiger partial charge in [0.25, 0.3) is 0 Å². The summed E-state index contributed by atoms with van der Waals surface area (Å²) in [6.07, 6.45) is 3.21. The quantitative estimate of drug-likeness (QED) is 0.824. The van der Waals surface area contributed by atoms with Gasteiger partial charge in [0.05, 0.1) is 0 Å². The molecule has 0 aliphatic carbocycles. The van der Waals surface area contributed by atoms with E-state index >= 15 is 0 Å². The zero-order valence-corrected chi connectivity index (χ0v) is 9.85. The van der Waals surface area contributed by atoms with Crippen molar-refractivity contribution in [1.29, 1.82) is 0 Å². The predicted octanol–water partition coefficient (Wildman–Crippen LogP) is 3.11. The van der Waals surface area contributed by atoms with Crippen molar-refractivity contribution < 1.29 is 9.50 Å². The van der Waals surface area contributed by atoms with Crippen LogP contribution in [-0.2, 0) is 0 Å². The number of piperidine rings is 1. The molecule has 4 heteroatoms. The molecule has 0 spiro atoms. The van der Waals surface area contributed by atoms with Crippen molar-refractivity contribution in [2.24, 2.45) is 0 Å². The summed E-state index contributed by atoms with van der Waals surface area (Å²) in [5, 5.41) is 12.9. The monoisotopic (exact) mass is 273 g/mol. The Hall–Kier alpha value is -0.610. The van der Waals surface area contributed by atoms with E-state index in [1.54, 1.807) is 6.07 Å². The predicted molar refractivity (Wildman–Crippen MR) is 60.4 cm³/mol. The molecule has 2 N–H and O–H groups in total. The largest absolute Gasteiger partial charge is 0.505 e. The molecular formula is C11H13BrFNO. The highest BCUT2D eigenvalue weighted by Crippen LogP contribution is 2.34. The molecule has 0 aromatic heterocycles. The number of nitrogens with one attached hydrogen (secondary N) is 1. The Kier molecular flexibility index (Phi) is 3.26. The summed E-state index contributed by atoms with van der Waals surface area (Å²) in [5.74, 6) is -0.788. The molecule has 1 aliphatic rings. The number of phenols is 1. The van der Waals surface area contributed by atoms with Gasteiger partial charge in [-0.15, -0.1) is 0 Å². The zero-order valence-electron chi connectivity index (χ0n) is 8.26. The molecule has 2 nitrogen and oxygen atoms in total. The molecule has 0 radical (unpaired) electrons. The van der Waals surface area contributed by atoms with E-state index < -0.39 is 5.82 Å². The van der Waals surface area contributed by atoms with Gasteiger partial charge in [-0.2, -0.15) is 0 Å². The first-order valence-corrected chi connectivity index (χ1v) is 5.89. The van der Waals surface area contributed by atoms with Crippen LogP contribution in [0.15, 0.2) is 16.6 Å². The third-order valence-electron chi connectivity index (χ3n) is 2.74. The summed E-state index contributed by atoms with van der Waals surface area (Å²) in [6, 6.07) is 3.13. The summed E-state index contributed by atoms with van der Waals surface area (Å²) >= 11 is 3.23. The van der Waals surface area contributed by atoms with Gasteiger partial charge in [-0.25, -0.2) is 4.39 Å². The molecule has 2 rings (SSSR count). The molecule has 0 bridgehead atoms. The van der Waals surface area contributed by atoms with E-state index in [2.05, 4.69) is 21.2 Å². The van der Waals surface area contributed by atoms with Crippen LogP contribution >= 0.6 is 15.9 Å². The highest BCUT2D eigenvalue weighted by Gasteiger charge is 2.20. The fraction of sp³-hybridized carbons (Fsp3) is 0.455. The normalized spacial score (nSPS) is 21.6. The Morgan fingerprint density at radius 1 is 1.40 bits per heavy atom. The SMILES string of the molecule is Oc1c(F)cc(Br)cc1[C@@H]1CCCCN1. The highest BCUT2D eigenvalue weighted by molar-refractivity contribution is 9.10. The molecule has 0 amide bonds. The average molecular weight is 274 g/mol. The van der Waals surface area contributed by atoms with E-state index in [4.69, 9.17) is 0 Å². The maximum atomic E-state index is 13.3. The minimum atomic E-state index is -0.563. The van der Waals surface area contributed by atoms with Crippen molar-refractivity contribution >= 4 is 15.9 Å². The van der Waals surface area contributed by atoms with Gasteiger partial charge in [-0.3, -0.25) is 0 Å². The van der Waals surface area contributed by atoms with E-state index in [9.17, 15) is 9.50 Å². The van der Waals surface area contributed by atoms with Crippen LogP contribution in [0.4, 0.5) is 4.39 Å². The van der Waals surface area contributed by atoms with Gasteiger partial charge in [0.1, 0.15) is 0 Å². The third kappa shape index (κ3) is 2.32. The number of hydrogen-bond donors (Lipinski definition) is 2. The van der Waals surface area contributed by atoms with Crippen LogP contribution in [0.3, 0.4) is 0 Å². The third-order valence-corrected chi connectivity index (χ3v) is 3.20. The second-order valence-corrected chi connectivity index (χ2v) is 4.74. The molecule has 1 aliphatic heterocycles. The number of rotatable bonds is 1. The first-order chi connectivity index (χ1) is 7.18. The van der Waals surface area contributed by atoms with Gasteiger partial charge in [0, 0.05) is 16.1 Å². The van der Waals surface area contributed by atoms with Gasteiger partial charge in [-0.05, 0) is 31.5 Å². The Morgan fingerprint density at radius 2 is 2.20 bits per heavy atom. The molecule has 82 valence electrons. The van der Waals surface area contributed by atoms with E-state index in [1.807, 2.05) is 0 Å². The zero-order chi connectivity index (χ0) is 10.8. The minimum absolute atomic E-state index is 0.0748. The molecule has 0 unspecified atom stereocenters. The van der Waals surface area contributed by atoms with Crippen molar-refractivity contribution in [2.45, 2.75) is 25.3 Å². The second-order valence-electron chi connectivity index (χ2n) is 3.83. The first kappa shape index (κ1) is 10.9. The second kappa shape index (κ2) is 4.49. The van der Waals surface area contributed by atoms with Crippen molar-refractivity contribution in [3.63, 3.8) is 0 Å². The van der Waals surface area contributed by atoms with Gasteiger partial charge in [0.2, 0.25) is 0 Å². The molecule has 1 saturated heterocycles. The maximum Gasteiger partial charge on any atom is 0.166 e. The molecule has 1 heterocycles. The molecule has 1 aromatic rings. The number of halogens is 2. The van der Waals surface area contributed by atoms with Gasteiger partial charge >= 0.3 is 0 Å². The first-order valence-electron chi connectivity index (χ1n) is 5.10. The lowest BCUT2D eigenvalue weighted by atomic mass is 9.97.